The van der Waals surface area contributed by atoms with Crippen LogP contribution >= 0.6 is 0 Å². The van der Waals surface area contributed by atoms with Crippen LogP contribution in [0.25, 0.3) is 0 Å². The van der Waals surface area contributed by atoms with Gasteiger partial charge >= 0.3 is 0 Å². The molecule has 2 saturated heterocycles. The van der Waals surface area contributed by atoms with Crippen molar-refractivity contribution in [1.29, 1.82) is 0 Å². The van der Waals surface area contributed by atoms with Crippen LogP contribution in [-0.2, 0) is 17.7 Å². The van der Waals surface area contributed by atoms with E-state index in [4.69, 9.17) is 9.72 Å². The largest absolute Gasteiger partial charge is 0.378 e. The number of nitrogens with zero attached hydrogens (tertiary/aromatic N) is 4. The molecule has 1 aromatic carbocycles. The Hall–Kier alpha value is -2.44. The molecular formula is C25H32N4O2. The molecular weight excluding hydrogens is 388 g/mol. The first kappa shape index (κ1) is 20.5. The van der Waals surface area contributed by atoms with Gasteiger partial charge in [0.25, 0.3) is 5.91 Å². The lowest BCUT2D eigenvalue weighted by molar-refractivity contribution is 0.0302. The molecule has 0 bridgehead atoms. The van der Waals surface area contributed by atoms with Gasteiger partial charge < -0.3 is 14.5 Å². The Bertz CT molecular complexity index is 924. The minimum absolute atomic E-state index is 0.0599. The number of likely N-dealkylation sites (tertiary alicyclic amines) is 1. The number of pyridine rings is 1. The maximum Gasteiger partial charge on any atom is 0.255 e. The summed E-state index contributed by atoms with van der Waals surface area (Å²) in [5.41, 5.74) is 6.00. The molecule has 3 aliphatic rings. The van der Waals surface area contributed by atoms with Crippen LogP contribution in [0.2, 0.25) is 0 Å². The molecule has 6 heteroatoms. The molecule has 1 atom stereocenters. The molecule has 5 rings (SSSR count). The van der Waals surface area contributed by atoms with Gasteiger partial charge in [0.05, 0.1) is 30.5 Å². The number of ether oxygens (including phenoxy) is 1. The van der Waals surface area contributed by atoms with E-state index in [0.29, 0.717) is 37.9 Å². The number of fused-ring (bicyclic) bond motifs is 1. The number of morpholine rings is 1. The summed E-state index contributed by atoms with van der Waals surface area (Å²) in [7, 11) is 2.19. The molecule has 0 radical (unpaired) electrons. The highest BCUT2D eigenvalue weighted by atomic mass is 16.5. The first-order chi connectivity index (χ1) is 15.2. The maximum atomic E-state index is 12.7. The number of amides is 1. The van der Waals surface area contributed by atoms with E-state index >= 15 is 0 Å². The summed E-state index contributed by atoms with van der Waals surface area (Å²) in [6.45, 7) is 5.76. The first-order valence-corrected chi connectivity index (χ1v) is 11.6. The van der Waals surface area contributed by atoms with Gasteiger partial charge in [-0.15, -0.1) is 0 Å². The molecule has 0 saturated carbocycles. The van der Waals surface area contributed by atoms with Crippen LogP contribution in [0, 0.1) is 0 Å². The minimum atomic E-state index is 0.0599. The molecule has 0 aliphatic carbocycles. The fraction of sp³-hybridized carbons (Fsp3) is 0.520. The van der Waals surface area contributed by atoms with Crippen molar-refractivity contribution >= 4 is 11.6 Å². The maximum absolute atomic E-state index is 12.7. The Labute approximate surface area is 184 Å². The van der Waals surface area contributed by atoms with Crippen LogP contribution in [0.1, 0.15) is 52.5 Å². The van der Waals surface area contributed by atoms with Crippen molar-refractivity contribution in [2.24, 2.45) is 0 Å². The van der Waals surface area contributed by atoms with Gasteiger partial charge in [0.2, 0.25) is 0 Å². The number of rotatable bonds is 4. The number of benzene rings is 1. The van der Waals surface area contributed by atoms with Crippen LogP contribution in [0.5, 0.6) is 0 Å². The van der Waals surface area contributed by atoms with E-state index in [-0.39, 0.29) is 5.91 Å². The number of aromatic nitrogens is 1. The highest BCUT2D eigenvalue weighted by molar-refractivity contribution is 5.94. The molecule has 1 aromatic heterocycles. The van der Waals surface area contributed by atoms with Crippen LogP contribution < -0.4 is 4.90 Å². The molecule has 1 amide bonds. The summed E-state index contributed by atoms with van der Waals surface area (Å²) >= 11 is 0. The number of anilines is 1. The number of hydrogen-bond donors (Lipinski definition) is 0. The summed E-state index contributed by atoms with van der Waals surface area (Å²) in [6, 6.07) is 11.3. The quantitative estimate of drug-likeness (QED) is 0.760. The lowest BCUT2D eigenvalue weighted by Crippen LogP contribution is -2.40. The highest BCUT2D eigenvalue weighted by Gasteiger charge is 2.28. The van der Waals surface area contributed by atoms with Crippen LogP contribution in [0.3, 0.4) is 0 Å². The van der Waals surface area contributed by atoms with Crippen molar-refractivity contribution in [3.05, 3.63) is 58.9 Å². The standard InChI is InChI=1S/C25H32N4O2/c1-27-10-2-4-20-16-19(6-9-23(20)27)18-29-11-3-5-24(29)22-8-7-21(17-26-22)25(30)28-12-14-31-15-13-28/h6-9,16-17,24H,2-5,10-15,18H2,1H3/t24-/m0/s1. The minimum Gasteiger partial charge on any atom is -0.378 e. The molecule has 4 heterocycles. The summed E-state index contributed by atoms with van der Waals surface area (Å²) < 4.78 is 5.35. The zero-order valence-corrected chi connectivity index (χ0v) is 18.4. The Morgan fingerprint density at radius 1 is 1.10 bits per heavy atom. The van der Waals surface area contributed by atoms with Gasteiger partial charge in [-0.2, -0.15) is 0 Å². The second-order valence-electron chi connectivity index (χ2n) is 8.99. The number of carbonyl (C=O) groups is 1. The molecule has 6 nitrogen and oxygen atoms in total. The summed E-state index contributed by atoms with van der Waals surface area (Å²) in [5, 5.41) is 0. The van der Waals surface area contributed by atoms with Crippen LogP contribution in [0.4, 0.5) is 5.69 Å². The molecule has 0 spiro atoms. The number of carbonyl (C=O) groups excluding carboxylic acids is 1. The van der Waals surface area contributed by atoms with Crippen molar-refractivity contribution in [3.63, 3.8) is 0 Å². The van der Waals surface area contributed by atoms with Gasteiger partial charge in [0, 0.05) is 45.1 Å². The summed E-state index contributed by atoms with van der Waals surface area (Å²) in [5.74, 6) is 0.0599. The zero-order valence-electron chi connectivity index (χ0n) is 18.4. The first-order valence-electron chi connectivity index (χ1n) is 11.6. The third-order valence-corrected chi connectivity index (χ3v) is 6.92. The fourth-order valence-corrected chi connectivity index (χ4v) is 5.20. The monoisotopic (exact) mass is 420 g/mol. The number of aryl methyl sites for hydroxylation is 1. The van der Waals surface area contributed by atoms with Crippen LogP contribution in [-0.4, -0.2) is 67.1 Å². The van der Waals surface area contributed by atoms with Gasteiger partial charge in [-0.3, -0.25) is 14.7 Å². The highest BCUT2D eigenvalue weighted by Crippen LogP contribution is 2.33. The van der Waals surface area contributed by atoms with Crippen molar-refractivity contribution in [1.82, 2.24) is 14.8 Å². The van der Waals surface area contributed by atoms with Gasteiger partial charge in [-0.25, -0.2) is 0 Å². The molecule has 3 aliphatic heterocycles. The van der Waals surface area contributed by atoms with Crippen molar-refractivity contribution in [2.45, 2.75) is 38.3 Å². The zero-order chi connectivity index (χ0) is 21.2. The third-order valence-electron chi connectivity index (χ3n) is 6.92. The molecule has 2 aromatic rings. The van der Waals surface area contributed by atoms with E-state index in [9.17, 15) is 4.79 Å². The van der Waals surface area contributed by atoms with Gasteiger partial charge in [0.1, 0.15) is 0 Å². The van der Waals surface area contributed by atoms with E-state index in [1.807, 2.05) is 11.0 Å². The van der Waals surface area contributed by atoms with Crippen molar-refractivity contribution < 1.29 is 9.53 Å². The SMILES string of the molecule is CN1CCCc2cc(CN3CCC[C@H]3c3ccc(C(=O)N4CCOCC4)cn3)ccc21. The molecule has 0 N–H and O–H groups in total. The van der Waals surface area contributed by atoms with Crippen molar-refractivity contribution in [2.75, 3.05) is 51.3 Å². The molecule has 2 fully saturated rings. The fourth-order valence-electron chi connectivity index (χ4n) is 5.20. The average molecular weight is 421 g/mol. The molecule has 31 heavy (non-hydrogen) atoms. The Morgan fingerprint density at radius 2 is 1.97 bits per heavy atom. The van der Waals surface area contributed by atoms with Gasteiger partial charge in [-0.1, -0.05) is 12.1 Å². The summed E-state index contributed by atoms with van der Waals surface area (Å²) in [4.78, 5) is 24.2. The lowest BCUT2D eigenvalue weighted by Gasteiger charge is -2.29. The Kier molecular flexibility index (Phi) is 5.92. The van der Waals surface area contributed by atoms with E-state index in [2.05, 4.69) is 41.1 Å². The second-order valence-corrected chi connectivity index (χ2v) is 8.99. The van der Waals surface area contributed by atoms with Gasteiger partial charge in [-0.05, 0) is 61.6 Å². The van der Waals surface area contributed by atoms with Crippen LogP contribution in [0.15, 0.2) is 36.5 Å². The lowest BCUT2D eigenvalue weighted by atomic mass is 9.99. The molecule has 164 valence electrons. The Balaban J connectivity index is 1.27. The smallest absolute Gasteiger partial charge is 0.255 e. The topological polar surface area (TPSA) is 48.9 Å². The number of hydrogen-bond acceptors (Lipinski definition) is 5. The van der Waals surface area contributed by atoms with Gasteiger partial charge in [0.15, 0.2) is 0 Å². The third kappa shape index (κ3) is 4.32. The second kappa shape index (κ2) is 8.97. The van der Waals surface area contributed by atoms with E-state index in [1.165, 1.54) is 36.1 Å². The Morgan fingerprint density at radius 3 is 2.77 bits per heavy atom. The van der Waals surface area contributed by atoms with E-state index < -0.39 is 0 Å². The summed E-state index contributed by atoms with van der Waals surface area (Å²) in [6.07, 6.45) is 6.49. The predicted octanol–water partition coefficient (Wildman–Crippen LogP) is 3.27. The molecule has 0 unspecified atom stereocenters. The van der Waals surface area contributed by atoms with E-state index in [1.54, 1.807) is 6.20 Å². The van der Waals surface area contributed by atoms with Crippen molar-refractivity contribution in [3.8, 4) is 0 Å². The normalized spacial score (nSPS) is 21.9. The van der Waals surface area contributed by atoms with E-state index in [0.717, 1.165) is 31.7 Å². The predicted molar refractivity (Wildman–Crippen MR) is 121 cm³/mol. The average Bonchev–Trinajstić information content (AvgIpc) is 3.27.